The molecule has 0 radical (unpaired) electrons. The van der Waals surface area contributed by atoms with Gasteiger partial charge in [0.05, 0.1) is 21.9 Å². The van der Waals surface area contributed by atoms with E-state index in [1.54, 1.807) is 12.1 Å². The molecule has 0 unspecified atom stereocenters. The maximum absolute atomic E-state index is 12.6. The SMILES string of the molecule is CCS(=O)(=O)c1ccc(-c2ccc(NS(=O)(=O)c3ccc(C(F)(F)F)cc3)cc2)nn1. The number of sulfonamides is 1. The third-order valence-electron chi connectivity index (χ3n) is 4.26. The van der Waals surface area contributed by atoms with Crippen LogP contribution in [0.1, 0.15) is 12.5 Å². The minimum absolute atomic E-state index is 0.102. The fourth-order valence-corrected chi connectivity index (χ4v) is 4.33. The van der Waals surface area contributed by atoms with Crippen LogP contribution in [0.2, 0.25) is 0 Å². The average molecular weight is 471 g/mol. The first kappa shape index (κ1) is 22.7. The Bertz CT molecular complexity index is 1270. The zero-order valence-corrected chi connectivity index (χ0v) is 17.6. The summed E-state index contributed by atoms with van der Waals surface area (Å²) >= 11 is 0. The fourth-order valence-electron chi connectivity index (χ4n) is 2.53. The molecule has 0 fully saturated rings. The minimum Gasteiger partial charge on any atom is -0.280 e. The van der Waals surface area contributed by atoms with Crippen molar-refractivity contribution in [1.82, 2.24) is 10.2 Å². The Hall–Kier alpha value is -2.99. The highest BCUT2D eigenvalue weighted by atomic mass is 32.2. The molecule has 0 saturated carbocycles. The third kappa shape index (κ3) is 5.20. The Morgan fingerprint density at radius 1 is 0.839 bits per heavy atom. The zero-order chi connectivity index (χ0) is 22.9. The molecule has 1 aromatic heterocycles. The summed E-state index contributed by atoms with van der Waals surface area (Å²) in [7, 11) is -7.56. The minimum atomic E-state index is -4.56. The summed E-state index contributed by atoms with van der Waals surface area (Å²) in [5, 5.41) is 7.46. The van der Waals surface area contributed by atoms with E-state index in [0.717, 1.165) is 12.1 Å². The van der Waals surface area contributed by atoms with Gasteiger partial charge in [-0.3, -0.25) is 4.72 Å². The fraction of sp³-hybridized carbons (Fsp3) is 0.158. The van der Waals surface area contributed by atoms with Gasteiger partial charge < -0.3 is 0 Å². The highest BCUT2D eigenvalue weighted by molar-refractivity contribution is 7.92. The number of alkyl halides is 3. The van der Waals surface area contributed by atoms with Crippen LogP contribution in [-0.2, 0) is 26.0 Å². The summed E-state index contributed by atoms with van der Waals surface area (Å²) in [6, 6.07) is 11.9. The lowest BCUT2D eigenvalue weighted by Crippen LogP contribution is -2.13. The van der Waals surface area contributed by atoms with E-state index in [1.807, 2.05) is 0 Å². The molecule has 0 saturated heterocycles. The molecule has 0 aliphatic rings. The summed E-state index contributed by atoms with van der Waals surface area (Å²) in [6.07, 6.45) is -4.56. The van der Waals surface area contributed by atoms with E-state index >= 15 is 0 Å². The maximum atomic E-state index is 12.6. The number of benzene rings is 2. The molecule has 3 aromatic rings. The van der Waals surface area contributed by atoms with Crippen molar-refractivity contribution in [3.63, 3.8) is 0 Å². The molecular weight excluding hydrogens is 455 g/mol. The molecule has 1 heterocycles. The van der Waals surface area contributed by atoms with Gasteiger partial charge in [-0.1, -0.05) is 19.1 Å². The topological polar surface area (TPSA) is 106 Å². The molecular formula is C19H16F3N3O4S2. The number of sulfone groups is 1. The van der Waals surface area contributed by atoms with Gasteiger partial charge in [-0.05, 0) is 48.5 Å². The lowest BCUT2D eigenvalue weighted by Gasteiger charge is -2.10. The number of nitrogens with zero attached hydrogens (tertiary/aromatic N) is 2. The number of rotatable bonds is 6. The number of hydrogen-bond acceptors (Lipinski definition) is 6. The zero-order valence-electron chi connectivity index (χ0n) is 16.0. The summed E-state index contributed by atoms with van der Waals surface area (Å²) in [5.74, 6) is -0.102. The molecule has 0 spiro atoms. The van der Waals surface area contributed by atoms with Crippen LogP contribution in [0.4, 0.5) is 18.9 Å². The second-order valence-electron chi connectivity index (χ2n) is 6.37. The largest absolute Gasteiger partial charge is 0.416 e. The van der Waals surface area contributed by atoms with E-state index in [9.17, 15) is 30.0 Å². The van der Waals surface area contributed by atoms with Gasteiger partial charge in [0.25, 0.3) is 10.0 Å². The lowest BCUT2D eigenvalue weighted by molar-refractivity contribution is -0.137. The highest BCUT2D eigenvalue weighted by Crippen LogP contribution is 2.30. The first-order chi connectivity index (χ1) is 14.4. The normalized spacial score (nSPS) is 12.5. The van der Waals surface area contributed by atoms with Crippen molar-refractivity contribution in [2.24, 2.45) is 0 Å². The number of anilines is 1. The predicted octanol–water partition coefficient (Wildman–Crippen LogP) is 3.76. The molecule has 12 heteroatoms. The van der Waals surface area contributed by atoms with Crippen molar-refractivity contribution in [2.75, 3.05) is 10.5 Å². The van der Waals surface area contributed by atoms with Crippen LogP contribution < -0.4 is 4.72 Å². The van der Waals surface area contributed by atoms with Crippen molar-refractivity contribution in [1.29, 1.82) is 0 Å². The summed E-state index contributed by atoms with van der Waals surface area (Å²) < 4.78 is 88.6. The van der Waals surface area contributed by atoms with Gasteiger partial charge in [-0.25, -0.2) is 16.8 Å². The van der Waals surface area contributed by atoms with Crippen LogP contribution in [0, 0.1) is 0 Å². The quantitative estimate of drug-likeness (QED) is 0.587. The van der Waals surface area contributed by atoms with E-state index < -0.39 is 31.6 Å². The third-order valence-corrected chi connectivity index (χ3v) is 7.28. The number of hydrogen-bond donors (Lipinski definition) is 1. The molecule has 1 N–H and O–H groups in total. The van der Waals surface area contributed by atoms with E-state index in [2.05, 4.69) is 14.9 Å². The van der Waals surface area contributed by atoms with Crippen molar-refractivity contribution in [3.8, 4) is 11.3 Å². The summed E-state index contributed by atoms with van der Waals surface area (Å²) in [6.45, 7) is 1.50. The molecule has 31 heavy (non-hydrogen) atoms. The Morgan fingerprint density at radius 2 is 1.45 bits per heavy atom. The molecule has 3 rings (SSSR count). The van der Waals surface area contributed by atoms with Crippen LogP contribution in [0.3, 0.4) is 0 Å². The predicted molar refractivity (Wildman–Crippen MR) is 107 cm³/mol. The van der Waals surface area contributed by atoms with Crippen LogP contribution in [-0.4, -0.2) is 32.8 Å². The van der Waals surface area contributed by atoms with Crippen molar-refractivity contribution in [2.45, 2.75) is 23.0 Å². The second kappa shape index (κ2) is 8.27. The van der Waals surface area contributed by atoms with Crippen LogP contribution >= 0.6 is 0 Å². The number of halogens is 3. The van der Waals surface area contributed by atoms with E-state index in [-0.39, 0.29) is 21.4 Å². The van der Waals surface area contributed by atoms with Gasteiger partial charge in [0.2, 0.25) is 0 Å². The molecule has 0 bridgehead atoms. The van der Waals surface area contributed by atoms with Crippen molar-refractivity contribution in [3.05, 3.63) is 66.2 Å². The number of aromatic nitrogens is 2. The Morgan fingerprint density at radius 3 is 1.94 bits per heavy atom. The van der Waals surface area contributed by atoms with Gasteiger partial charge in [0, 0.05) is 11.3 Å². The van der Waals surface area contributed by atoms with Crippen molar-refractivity contribution < 1.29 is 30.0 Å². The van der Waals surface area contributed by atoms with Crippen molar-refractivity contribution >= 4 is 25.5 Å². The second-order valence-corrected chi connectivity index (χ2v) is 10.3. The maximum Gasteiger partial charge on any atom is 0.416 e. The average Bonchev–Trinajstić information content (AvgIpc) is 2.73. The van der Waals surface area contributed by atoms with Gasteiger partial charge in [-0.2, -0.15) is 13.2 Å². The van der Waals surface area contributed by atoms with Gasteiger partial charge >= 0.3 is 6.18 Å². The van der Waals surface area contributed by atoms with E-state index in [0.29, 0.717) is 23.4 Å². The Kier molecular flexibility index (Phi) is 6.05. The summed E-state index contributed by atoms with van der Waals surface area (Å²) in [4.78, 5) is -0.317. The molecule has 2 aromatic carbocycles. The van der Waals surface area contributed by atoms with E-state index in [1.165, 1.54) is 31.2 Å². The van der Waals surface area contributed by atoms with E-state index in [4.69, 9.17) is 0 Å². The monoisotopic (exact) mass is 471 g/mol. The molecule has 7 nitrogen and oxygen atoms in total. The lowest BCUT2D eigenvalue weighted by atomic mass is 10.1. The molecule has 0 aliphatic carbocycles. The van der Waals surface area contributed by atoms with Crippen LogP contribution in [0.5, 0.6) is 0 Å². The van der Waals surface area contributed by atoms with Crippen LogP contribution in [0.15, 0.2) is 70.6 Å². The molecule has 0 aliphatic heterocycles. The van der Waals surface area contributed by atoms with Gasteiger partial charge in [0.15, 0.2) is 14.9 Å². The smallest absolute Gasteiger partial charge is 0.280 e. The van der Waals surface area contributed by atoms with Gasteiger partial charge in [0.1, 0.15) is 0 Å². The first-order valence-electron chi connectivity index (χ1n) is 8.79. The van der Waals surface area contributed by atoms with Gasteiger partial charge in [-0.15, -0.1) is 10.2 Å². The Labute approximate surface area is 176 Å². The summed E-state index contributed by atoms with van der Waals surface area (Å²) in [5.41, 5.74) is 0.175. The highest BCUT2D eigenvalue weighted by Gasteiger charge is 2.30. The molecule has 0 amide bonds. The number of nitrogens with one attached hydrogen (secondary N) is 1. The van der Waals surface area contributed by atoms with Crippen LogP contribution in [0.25, 0.3) is 11.3 Å². The Balaban J connectivity index is 1.77. The molecule has 0 atom stereocenters. The first-order valence-corrected chi connectivity index (χ1v) is 11.9. The molecule has 164 valence electrons. The standard InChI is InChI=1S/C19H16F3N3O4S2/c1-2-30(26,27)18-12-11-17(23-24-18)13-3-7-15(8-4-13)25-31(28,29)16-9-5-14(6-10-16)19(20,21)22/h3-12,25H,2H2,1H3.